The van der Waals surface area contributed by atoms with Gasteiger partial charge in [-0.1, -0.05) is 182 Å². The minimum Gasteiger partial charge on any atom is -0.309 e. The van der Waals surface area contributed by atoms with E-state index in [2.05, 4.69) is 234 Å². The van der Waals surface area contributed by atoms with Gasteiger partial charge in [-0.3, -0.25) is 0 Å². The lowest BCUT2D eigenvalue weighted by Crippen LogP contribution is -2.03. The number of aromatic nitrogens is 5. The molecule has 9 aromatic carbocycles. The van der Waals surface area contributed by atoms with Gasteiger partial charge in [-0.05, 0) is 65.6 Å². The minimum atomic E-state index is 0.604. The van der Waals surface area contributed by atoms with Crippen molar-refractivity contribution in [3.63, 3.8) is 0 Å². The number of nitrogens with zero attached hydrogens (tertiary/aromatic N) is 5. The van der Waals surface area contributed by atoms with Crippen LogP contribution >= 0.6 is 0 Å². The molecule has 3 aromatic heterocycles. The maximum absolute atomic E-state index is 5.33. The van der Waals surface area contributed by atoms with Crippen molar-refractivity contribution in [2.45, 2.75) is 6.42 Å². The number of rotatable bonds is 8. The molecule has 0 spiro atoms. The molecule has 3 heterocycles. The van der Waals surface area contributed by atoms with Crippen molar-refractivity contribution in [3.8, 4) is 56.7 Å². The Labute approximate surface area is 364 Å². The first-order valence-corrected chi connectivity index (χ1v) is 21.4. The Balaban J connectivity index is 1.06. The lowest BCUT2D eigenvalue weighted by molar-refractivity contribution is 1.07. The number of hydrogen-bond donors (Lipinski definition) is 0. The Morgan fingerprint density at radius 2 is 0.730 bits per heavy atom. The third-order valence-corrected chi connectivity index (χ3v) is 12.2. The fourth-order valence-corrected chi connectivity index (χ4v) is 9.25. The summed E-state index contributed by atoms with van der Waals surface area (Å²) < 4.78 is 4.73. The van der Waals surface area contributed by atoms with Crippen LogP contribution in [0.5, 0.6) is 0 Å². The molecule has 0 saturated heterocycles. The second-order valence-electron chi connectivity index (χ2n) is 16.1. The molecule has 0 unspecified atom stereocenters. The smallest absolute Gasteiger partial charge is 0.164 e. The highest BCUT2D eigenvalue weighted by molar-refractivity contribution is 6.10. The highest BCUT2D eigenvalue weighted by Crippen LogP contribution is 2.39. The van der Waals surface area contributed by atoms with Gasteiger partial charge in [-0.2, -0.15) is 0 Å². The van der Waals surface area contributed by atoms with Crippen LogP contribution in [0, 0.1) is 0 Å². The molecule has 0 aliphatic carbocycles. The summed E-state index contributed by atoms with van der Waals surface area (Å²) in [6.45, 7) is 0. The molecule has 63 heavy (non-hydrogen) atoms. The zero-order valence-corrected chi connectivity index (χ0v) is 34.3. The van der Waals surface area contributed by atoms with Crippen LogP contribution in [0.25, 0.3) is 100 Å². The van der Waals surface area contributed by atoms with Crippen molar-refractivity contribution in [3.05, 3.63) is 236 Å². The molecule has 5 nitrogen and oxygen atoms in total. The van der Waals surface area contributed by atoms with Crippen LogP contribution in [0.2, 0.25) is 0 Å². The molecule has 0 amide bonds. The first kappa shape index (κ1) is 36.4. The Morgan fingerprint density at radius 1 is 0.302 bits per heavy atom. The first-order valence-electron chi connectivity index (χ1n) is 21.4. The number of benzene rings is 9. The Kier molecular flexibility index (Phi) is 8.82. The standard InChI is InChI=1S/C58H39N5/c1-3-16-39(17-4-1)36-40-30-32-42(33-31-40)56-59-57(43-20-15-21-45(37-43)62-51-26-11-7-22-47(51)48-23-8-12-27-52(48)62)61-58(60-56)44-34-35-46(41-18-5-2-6-19-41)55(38-44)63-53-28-13-9-24-49(53)50-25-10-14-29-54(50)63/h1-35,37-38H,36H2. The van der Waals surface area contributed by atoms with E-state index >= 15 is 0 Å². The summed E-state index contributed by atoms with van der Waals surface area (Å²) in [4.78, 5) is 15.9. The van der Waals surface area contributed by atoms with E-state index in [1.165, 1.54) is 32.7 Å². The average Bonchev–Trinajstić information content (AvgIpc) is 3.88. The molecule has 0 saturated carbocycles. The molecule has 0 fully saturated rings. The molecule has 296 valence electrons. The number of hydrogen-bond acceptors (Lipinski definition) is 3. The summed E-state index contributed by atoms with van der Waals surface area (Å²) >= 11 is 0. The van der Waals surface area contributed by atoms with Crippen molar-refractivity contribution < 1.29 is 0 Å². The fourth-order valence-electron chi connectivity index (χ4n) is 9.25. The maximum Gasteiger partial charge on any atom is 0.164 e. The van der Waals surface area contributed by atoms with Crippen molar-refractivity contribution in [2.24, 2.45) is 0 Å². The van der Waals surface area contributed by atoms with Crippen molar-refractivity contribution >= 4 is 43.6 Å². The van der Waals surface area contributed by atoms with E-state index in [-0.39, 0.29) is 0 Å². The molecule has 12 rings (SSSR count). The lowest BCUT2D eigenvalue weighted by Gasteiger charge is -2.16. The summed E-state index contributed by atoms with van der Waals surface area (Å²) in [6, 6.07) is 79.5. The molecule has 0 aliphatic rings. The van der Waals surface area contributed by atoms with E-state index in [4.69, 9.17) is 15.0 Å². The topological polar surface area (TPSA) is 48.5 Å². The van der Waals surface area contributed by atoms with Gasteiger partial charge >= 0.3 is 0 Å². The van der Waals surface area contributed by atoms with E-state index in [9.17, 15) is 0 Å². The molecule has 0 aliphatic heterocycles. The lowest BCUT2D eigenvalue weighted by atomic mass is 10.0. The zero-order chi connectivity index (χ0) is 41.7. The summed E-state index contributed by atoms with van der Waals surface area (Å²) in [6.07, 6.45) is 0.851. The summed E-state index contributed by atoms with van der Waals surface area (Å²) in [5.74, 6) is 1.83. The maximum atomic E-state index is 5.33. The van der Waals surface area contributed by atoms with E-state index in [1.54, 1.807) is 0 Å². The molecule has 0 radical (unpaired) electrons. The van der Waals surface area contributed by atoms with Gasteiger partial charge in [0.25, 0.3) is 0 Å². The second-order valence-corrected chi connectivity index (χ2v) is 16.1. The molecule has 0 atom stereocenters. The molecular weight excluding hydrogens is 767 g/mol. The predicted molar refractivity (Wildman–Crippen MR) is 259 cm³/mol. The highest BCUT2D eigenvalue weighted by atomic mass is 15.0. The summed E-state index contributed by atoms with van der Waals surface area (Å²) in [5, 5.41) is 4.86. The zero-order valence-electron chi connectivity index (χ0n) is 34.3. The second kappa shape index (κ2) is 15.2. The van der Waals surface area contributed by atoms with E-state index in [0.717, 1.165) is 67.7 Å². The van der Waals surface area contributed by atoms with Crippen molar-refractivity contribution in [1.29, 1.82) is 0 Å². The minimum absolute atomic E-state index is 0.604. The van der Waals surface area contributed by atoms with Gasteiger partial charge in [0, 0.05) is 49.5 Å². The van der Waals surface area contributed by atoms with E-state index < -0.39 is 0 Å². The summed E-state index contributed by atoms with van der Waals surface area (Å²) in [5.41, 5.74) is 14.2. The van der Waals surface area contributed by atoms with Crippen LogP contribution in [0.4, 0.5) is 0 Å². The number of fused-ring (bicyclic) bond motifs is 6. The van der Waals surface area contributed by atoms with Gasteiger partial charge in [-0.25, -0.2) is 15.0 Å². The van der Waals surface area contributed by atoms with Gasteiger partial charge in [0.2, 0.25) is 0 Å². The molecule has 5 heteroatoms. The third kappa shape index (κ3) is 6.46. The van der Waals surface area contributed by atoms with E-state index in [0.29, 0.717) is 17.5 Å². The predicted octanol–water partition coefficient (Wildman–Crippen LogP) is 14.3. The van der Waals surface area contributed by atoms with Gasteiger partial charge in [0.05, 0.1) is 27.8 Å². The van der Waals surface area contributed by atoms with Crippen LogP contribution in [0.1, 0.15) is 11.1 Å². The van der Waals surface area contributed by atoms with Crippen LogP contribution in [0.15, 0.2) is 224 Å². The van der Waals surface area contributed by atoms with Crippen LogP contribution < -0.4 is 0 Å². The Bertz CT molecular complexity index is 3530. The molecule has 12 aromatic rings. The van der Waals surface area contributed by atoms with Gasteiger partial charge in [0.15, 0.2) is 17.5 Å². The van der Waals surface area contributed by atoms with E-state index in [1.807, 2.05) is 0 Å². The van der Waals surface area contributed by atoms with Crippen LogP contribution in [-0.4, -0.2) is 24.1 Å². The largest absolute Gasteiger partial charge is 0.309 e. The summed E-state index contributed by atoms with van der Waals surface area (Å²) in [7, 11) is 0. The van der Waals surface area contributed by atoms with Crippen LogP contribution in [-0.2, 0) is 6.42 Å². The van der Waals surface area contributed by atoms with Crippen LogP contribution in [0.3, 0.4) is 0 Å². The molecule has 0 N–H and O–H groups in total. The number of para-hydroxylation sites is 4. The SMILES string of the molecule is c1ccc(Cc2ccc(-c3nc(-c4cccc(-n5c6ccccc6c6ccccc65)c4)nc(-c4ccc(-c5ccccc5)c(-n5c6ccccc6c6ccccc65)c4)n3)cc2)cc1. The monoisotopic (exact) mass is 805 g/mol. The quantitative estimate of drug-likeness (QED) is 0.154. The Morgan fingerprint density at radius 3 is 1.30 bits per heavy atom. The van der Waals surface area contributed by atoms with Crippen molar-refractivity contribution in [2.75, 3.05) is 0 Å². The van der Waals surface area contributed by atoms with Gasteiger partial charge in [0.1, 0.15) is 0 Å². The van der Waals surface area contributed by atoms with Crippen molar-refractivity contribution in [1.82, 2.24) is 24.1 Å². The average molecular weight is 806 g/mol. The molecular formula is C58H39N5. The third-order valence-electron chi connectivity index (χ3n) is 12.2. The first-order chi connectivity index (χ1) is 31.2. The van der Waals surface area contributed by atoms with Gasteiger partial charge in [-0.15, -0.1) is 0 Å². The fraction of sp³-hybridized carbons (Fsp3) is 0.0172. The Hall–Kier alpha value is -8.41. The highest BCUT2D eigenvalue weighted by Gasteiger charge is 2.20. The normalized spacial score (nSPS) is 11.6. The molecule has 0 bridgehead atoms. The van der Waals surface area contributed by atoms with Gasteiger partial charge < -0.3 is 9.13 Å².